The molecule has 1 aromatic heterocycles. The standard InChI is InChI=1S/C12H12BrClN2S/c1-16-10(6-14)7-15-12(16)17-8-9-4-2-3-5-11(9)13/h2-5,7H,6,8H2,1H3. The van der Waals surface area contributed by atoms with Gasteiger partial charge in [0, 0.05) is 17.3 Å². The van der Waals surface area contributed by atoms with Crippen molar-refractivity contribution in [3.63, 3.8) is 0 Å². The maximum atomic E-state index is 5.81. The Kier molecular flexibility index (Phi) is 4.54. The molecule has 2 nitrogen and oxygen atoms in total. The zero-order valence-electron chi connectivity index (χ0n) is 9.36. The summed E-state index contributed by atoms with van der Waals surface area (Å²) in [6, 6.07) is 8.23. The highest BCUT2D eigenvalue weighted by molar-refractivity contribution is 9.10. The first-order chi connectivity index (χ1) is 8.22. The van der Waals surface area contributed by atoms with E-state index in [0.717, 1.165) is 21.1 Å². The first-order valence-corrected chi connectivity index (χ1v) is 7.46. The van der Waals surface area contributed by atoms with Crippen molar-refractivity contribution in [2.24, 2.45) is 7.05 Å². The van der Waals surface area contributed by atoms with Gasteiger partial charge in [-0.3, -0.25) is 0 Å². The van der Waals surface area contributed by atoms with Crippen LogP contribution in [0.2, 0.25) is 0 Å². The first-order valence-electron chi connectivity index (χ1n) is 5.15. The molecule has 0 amide bonds. The molecule has 0 bridgehead atoms. The maximum Gasteiger partial charge on any atom is 0.168 e. The van der Waals surface area contributed by atoms with E-state index in [1.807, 2.05) is 29.9 Å². The number of halogens is 2. The zero-order valence-corrected chi connectivity index (χ0v) is 12.5. The molecule has 0 saturated heterocycles. The van der Waals surface area contributed by atoms with Crippen molar-refractivity contribution >= 4 is 39.3 Å². The molecule has 0 aliphatic heterocycles. The van der Waals surface area contributed by atoms with Crippen LogP contribution in [0.1, 0.15) is 11.3 Å². The highest BCUT2D eigenvalue weighted by atomic mass is 79.9. The molecule has 5 heteroatoms. The van der Waals surface area contributed by atoms with E-state index in [2.05, 4.69) is 33.0 Å². The molecule has 0 aliphatic carbocycles. The van der Waals surface area contributed by atoms with Crippen LogP contribution in [0, 0.1) is 0 Å². The van der Waals surface area contributed by atoms with Crippen molar-refractivity contribution in [1.29, 1.82) is 0 Å². The van der Waals surface area contributed by atoms with Gasteiger partial charge in [-0.05, 0) is 11.6 Å². The van der Waals surface area contributed by atoms with Gasteiger partial charge < -0.3 is 4.57 Å². The number of imidazole rings is 1. The van der Waals surface area contributed by atoms with Crippen LogP contribution in [0.15, 0.2) is 40.1 Å². The number of aromatic nitrogens is 2. The maximum absolute atomic E-state index is 5.81. The summed E-state index contributed by atoms with van der Waals surface area (Å²) in [6.45, 7) is 0. The molecule has 2 aromatic rings. The lowest BCUT2D eigenvalue weighted by Crippen LogP contribution is -1.95. The SMILES string of the molecule is Cn1c(CCl)cnc1SCc1ccccc1Br. The Morgan fingerprint density at radius 3 is 2.82 bits per heavy atom. The van der Waals surface area contributed by atoms with E-state index in [9.17, 15) is 0 Å². The first kappa shape index (κ1) is 13.0. The van der Waals surface area contributed by atoms with Crippen LogP contribution in [-0.4, -0.2) is 9.55 Å². The van der Waals surface area contributed by atoms with E-state index in [1.165, 1.54) is 5.56 Å². The van der Waals surface area contributed by atoms with Gasteiger partial charge in [-0.25, -0.2) is 4.98 Å². The molecule has 1 aromatic carbocycles. The average Bonchev–Trinajstić information content (AvgIpc) is 2.69. The molecule has 0 atom stereocenters. The minimum Gasteiger partial charge on any atom is -0.325 e. The van der Waals surface area contributed by atoms with Crippen molar-refractivity contribution in [3.05, 3.63) is 46.2 Å². The van der Waals surface area contributed by atoms with E-state index < -0.39 is 0 Å². The molecule has 17 heavy (non-hydrogen) atoms. The quantitative estimate of drug-likeness (QED) is 0.617. The normalized spacial score (nSPS) is 10.8. The third-order valence-corrected chi connectivity index (χ3v) is 4.63. The fourth-order valence-corrected chi connectivity index (χ4v) is 3.28. The molecular formula is C12H12BrClN2S. The summed E-state index contributed by atoms with van der Waals surface area (Å²) >= 11 is 11.1. The molecule has 90 valence electrons. The molecule has 0 N–H and O–H groups in total. The van der Waals surface area contributed by atoms with Gasteiger partial charge >= 0.3 is 0 Å². The number of benzene rings is 1. The Hall–Kier alpha value is -0.450. The second-order valence-corrected chi connectivity index (χ2v) is 5.67. The number of hydrogen-bond donors (Lipinski definition) is 0. The lowest BCUT2D eigenvalue weighted by molar-refractivity contribution is 0.761. The number of hydrogen-bond acceptors (Lipinski definition) is 2. The van der Waals surface area contributed by atoms with Crippen molar-refractivity contribution in [2.75, 3.05) is 0 Å². The summed E-state index contributed by atoms with van der Waals surface area (Å²) < 4.78 is 3.17. The third kappa shape index (κ3) is 3.06. The largest absolute Gasteiger partial charge is 0.325 e. The lowest BCUT2D eigenvalue weighted by Gasteiger charge is -2.05. The minimum atomic E-state index is 0.499. The van der Waals surface area contributed by atoms with Gasteiger partial charge in [-0.15, -0.1) is 11.6 Å². The molecule has 1 heterocycles. The predicted octanol–water partition coefficient (Wildman–Crippen LogP) is 4.21. The minimum absolute atomic E-state index is 0.499. The summed E-state index contributed by atoms with van der Waals surface area (Å²) in [5.41, 5.74) is 2.31. The Labute approximate surface area is 119 Å². The molecule has 0 saturated carbocycles. The molecule has 0 fully saturated rings. The summed E-state index contributed by atoms with van der Waals surface area (Å²) in [6.07, 6.45) is 1.83. The van der Waals surface area contributed by atoms with Crippen LogP contribution < -0.4 is 0 Å². The average molecular weight is 332 g/mol. The highest BCUT2D eigenvalue weighted by Crippen LogP contribution is 2.26. The van der Waals surface area contributed by atoms with Gasteiger partial charge in [0.25, 0.3) is 0 Å². The van der Waals surface area contributed by atoms with Crippen LogP contribution in [0.4, 0.5) is 0 Å². The van der Waals surface area contributed by atoms with Gasteiger partial charge in [0.2, 0.25) is 0 Å². The fraction of sp³-hybridized carbons (Fsp3) is 0.250. The molecule has 2 rings (SSSR count). The van der Waals surface area contributed by atoms with Crippen LogP contribution in [0.25, 0.3) is 0 Å². The van der Waals surface area contributed by atoms with Crippen LogP contribution in [0.3, 0.4) is 0 Å². The lowest BCUT2D eigenvalue weighted by atomic mass is 10.2. The number of nitrogens with zero attached hydrogens (tertiary/aromatic N) is 2. The smallest absolute Gasteiger partial charge is 0.168 e. The van der Waals surface area contributed by atoms with Crippen LogP contribution in [-0.2, 0) is 18.7 Å². The Bertz CT molecular complexity index is 513. The highest BCUT2D eigenvalue weighted by Gasteiger charge is 2.07. The summed E-state index contributed by atoms with van der Waals surface area (Å²) in [5, 5.41) is 0.997. The van der Waals surface area contributed by atoms with Crippen molar-refractivity contribution in [1.82, 2.24) is 9.55 Å². The topological polar surface area (TPSA) is 17.8 Å². The van der Waals surface area contributed by atoms with Crippen molar-refractivity contribution in [3.8, 4) is 0 Å². The van der Waals surface area contributed by atoms with Gasteiger partial charge in [-0.1, -0.05) is 45.9 Å². The Balaban J connectivity index is 2.07. The van der Waals surface area contributed by atoms with Gasteiger partial charge in [0.15, 0.2) is 5.16 Å². The Morgan fingerprint density at radius 1 is 1.41 bits per heavy atom. The number of thioether (sulfide) groups is 1. The van der Waals surface area contributed by atoms with E-state index >= 15 is 0 Å². The van der Waals surface area contributed by atoms with Crippen molar-refractivity contribution in [2.45, 2.75) is 16.8 Å². The predicted molar refractivity (Wildman–Crippen MR) is 76.5 cm³/mol. The Morgan fingerprint density at radius 2 is 2.18 bits per heavy atom. The van der Waals surface area contributed by atoms with Crippen molar-refractivity contribution < 1.29 is 0 Å². The number of alkyl halides is 1. The molecule has 0 aliphatic rings. The molecule has 0 radical (unpaired) electrons. The second-order valence-electron chi connectivity index (χ2n) is 3.60. The van der Waals surface area contributed by atoms with Crippen LogP contribution >= 0.6 is 39.3 Å². The molecular weight excluding hydrogens is 320 g/mol. The van der Waals surface area contributed by atoms with Gasteiger partial charge in [0.05, 0.1) is 17.8 Å². The molecule has 0 unspecified atom stereocenters. The van der Waals surface area contributed by atoms with Crippen LogP contribution in [0.5, 0.6) is 0 Å². The van der Waals surface area contributed by atoms with E-state index in [1.54, 1.807) is 11.8 Å². The van der Waals surface area contributed by atoms with E-state index in [-0.39, 0.29) is 0 Å². The van der Waals surface area contributed by atoms with Gasteiger partial charge in [0.1, 0.15) is 0 Å². The van der Waals surface area contributed by atoms with Gasteiger partial charge in [-0.2, -0.15) is 0 Å². The zero-order chi connectivity index (χ0) is 12.3. The summed E-state index contributed by atoms with van der Waals surface area (Å²) in [7, 11) is 1.99. The summed E-state index contributed by atoms with van der Waals surface area (Å²) in [4.78, 5) is 4.36. The van der Waals surface area contributed by atoms with E-state index in [4.69, 9.17) is 11.6 Å². The monoisotopic (exact) mass is 330 g/mol. The van der Waals surface area contributed by atoms with E-state index in [0.29, 0.717) is 5.88 Å². The molecule has 0 spiro atoms. The third-order valence-electron chi connectivity index (χ3n) is 2.49. The second kappa shape index (κ2) is 5.94. The summed E-state index contributed by atoms with van der Waals surface area (Å²) in [5.74, 6) is 1.40. The number of rotatable bonds is 4. The fourth-order valence-electron chi connectivity index (χ4n) is 1.44.